The largest absolute Gasteiger partial charge is 0.352 e. The Morgan fingerprint density at radius 2 is 2.18 bits per heavy atom. The zero-order valence-electron chi connectivity index (χ0n) is 9.65. The van der Waals surface area contributed by atoms with Crippen molar-refractivity contribution in [3.8, 4) is 0 Å². The number of amidine groups is 1. The van der Waals surface area contributed by atoms with Gasteiger partial charge in [0.15, 0.2) is 0 Å². The summed E-state index contributed by atoms with van der Waals surface area (Å²) in [6.07, 6.45) is 0.762. The maximum Gasteiger partial charge on any atom is 0.312 e. The maximum atomic E-state index is 10.6. The number of hydrogen-bond acceptors (Lipinski definition) is 2. The molecule has 90 valence electrons. The zero-order chi connectivity index (χ0) is 12.1. The fraction of sp³-hybridized carbons (Fsp3) is 0.333. The highest BCUT2D eigenvalue weighted by Crippen LogP contribution is 2.12. The van der Waals surface area contributed by atoms with Gasteiger partial charge in [-0.05, 0) is 12.1 Å². The smallest absolute Gasteiger partial charge is 0.312 e. The minimum Gasteiger partial charge on any atom is -0.352 e. The Morgan fingerprint density at radius 1 is 1.41 bits per heavy atom. The maximum absolute atomic E-state index is 10.6. The lowest BCUT2D eigenvalue weighted by molar-refractivity contribution is -0.430. The normalized spacial score (nSPS) is 14.6. The summed E-state index contributed by atoms with van der Waals surface area (Å²) >= 11 is 0. The molecule has 5 heteroatoms. The lowest BCUT2D eigenvalue weighted by Crippen LogP contribution is -2.33. The van der Waals surface area contributed by atoms with Crippen LogP contribution in [0.2, 0.25) is 0 Å². The second-order valence-electron chi connectivity index (χ2n) is 3.90. The van der Waals surface area contributed by atoms with E-state index < -0.39 is 6.03 Å². The van der Waals surface area contributed by atoms with E-state index in [1.807, 2.05) is 18.2 Å². The molecule has 0 aromatic heterocycles. The molecule has 1 aromatic rings. The first-order valence-electron chi connectivity index (χ1n) is 5.73. The van der Waals surface area contributed by atoms with Gasteiger partial charge in [-0.2, -0.15) is 0 Å². The van der Waals surface area contributed by atoms with Crippen molar-refractivity contribution in [2.24, 2.45) is 5.73 Å². The van der Waals surface area contributed by atoms with Crippen LogP contribution in [0, 0.1) is 0 Å². The summed E-state index contributed by atoms with van der Waals surface area (Å²) in [7, 11) is 0. The van der Waals surface area contributed by atoms with E-state index in [-0.39, 0.29) is 0 Å². The van der Waals surface area contributed by atoms with E-state index in [1.165, 1.54) is 5.69 Å². The lowest BCUT2D eigenvalue weighted by Gasteiger charge is -2.04. The van der Waals surface area contributed by atoms with Crippen LogP contribution in [0.1, 0.15) is 6.42 Å². The molecule has 1 heterocycles. The average molecular weight is 233 g/mol. The van der Waals surface area contributed by atoms with Gasteiger partial charge >= 0.3 is 6.03 Å². The molecular formula is C12H17N4O+. The highest BCUT2D eigenvalue weighted by atomic mass is 16.2. The Hall–Kier alpha value is -2.04. The van der Waals surface area contributed by atoms with Crippen molar-refractivity contribution in [2.75, 3.05) is 19.6 Å². The average Bonchev–Trinajstić information content (AvgIpc) is 2.78. The van der Waals surface area contributed by atoms with Gasteiger partial charge in [-0.15, -0.1) is 0 Å². The predicted octanol–water partition coefficient (Wildman–Crippen LogP) is 0.391. The van der Waals surface area contributed by atoms with E-state index in [0.29, 0.717) is 6.54 Å². The molecule has 0 unspecified atom stereocenters. The molecule has 1 aliphatic heterocycles. The van der Waals surface area contributed by atoms with E-state index >= 15 is 0 Å². The molecule has 0 saturated carbocycles. The molecule has 2 amide bonds. The summed E-state index contributed by atoms with van der Waals surface area (Å²) in [5.41, 5.74) is 6.20. The molecule has 0 spiro atoms. The lowest BCUT2D eigenvalue weighted by atomic mass is 10.3. The first kappa shape index (κ1) is 11.4. The second kappa shape index (κ2) is 5.34. The molecule has 4 N–H and O–H groups in total. The van der Waals surface area contributed by atoms with Crippen molar-refractivity contribution in [1.82, 2.24) is 10.6 Å². The molecule has 2 rings (SSSR count). The Bertz CT molecular complexity index is 427. The molecule has 1 aliphatic rings. The number of nitrogens with one attached hydrogen (secondary N) is 2. The number of benzene rings is 1. The van der Waals surface area contributed by atoms with Crippen molar-refractivity contribution in [3.63, 3.8) is 0 Å². The summed E-state index contributed by atoms with van der Waals surface area (Å²) < 4.78 is 2.22. The number of amides is 2. The van der Waals surface area contributed by atoms with Gasteiger partial charge in [0.1, 0.15) is 18.8 Å². The fourth-order valence-corrected chi connectivity index (χ4v) is 1.96. The molecule has 0 atom stereocenters. The molecule has 0 aliphatic carbocycles. The Labute approximate surface area is 100 Å². The minimum atomic E-state index is -0.477. The number of primary amides is 1. The number of urea groups is 1. The van der Waals surface area contributed by atoms with Crippen molar-refractivity contribution in [3.05, 3.63) is 30.3 Å². The van der Waals surface area contributed by atoms with Crippen molar-refractivity contribution in [1.29, 1.82) is 0 Å². The summed E-state index contributed by atoms with van der Waals surface area (Å²) in [4.78, 5) is 10.6. The predicted molar refractivity (Wildman–Crippen MR) is 66.4 cm³/mol. The zero-order valence-corrected chi connectivity index (χ0v) is 9.65. The number of nitrogens with zero attached hydrogens (tertiary/aromatic N) is 1. The number of carbonyl (C=O) groups is 1. The van der Waals surface area contributed by atoms with Crippen LogP contribution in [-0.4, -0.2) is 36.1 Å². The summed E-state index contributed by atoms with van der Waals surface area (Å²) in [6, 6.07) is 9.72. The number of rotatable bonds is 4. The van der Waals surface area contributed by atoms with Crippen LogP contribution in [0.3, 0.4) is 0 Å². The monoisotopic (exact) mass is 233 g/mol. The van der Waals surface area contributed by atoms with E-state index in [9.17, 15) is 4.79 Å². The van der Waals surface area contributed by atoms with Crippen LogP contribution < -0.4 is 16.4 Å². The number of carbonyl (C=O) groups excluding carboxylic acids is 1. The molecule has 17 heavy (non-hydrogen) atoms. The Kier molecular flexibility index (Phi) is 3.59. The van der Waals surface area contributed by atoms with Crippen molar-refractivity contribution >= 4 is 17.6 Å². The highest BCUT2D eigenvalue weighted by molar-refractivity contribution is 5.80. The van der Waals surface area contributed by atoms with Crippen LogP contribution in [0.25, 0.3) is 0 Å². The van der Waals surface area contributed by atoms with Gasteiger partial charge in [0.2, 0.25) is 0 Å². The van der Waals surface area contributed by atoms with Gasteiger partial charge in [0, 0.05) is 6.54 Å². The highest BCUT2D eigenvalue weighted by Gasteiger charge is 2.21. The van der Waals surface area contributed by atoms with E-state index in [2.05, 4.69) is 27.3 Å². The van der Waals surface area contributed by atoms with E-state index in [4.69, 9.17) is 5.73 Å². The van der Waals surface area contributed by atoms with Crippen LogP contribution in [0.15, 0.2) is 30.3 Å². The molecule has 1 aromatic carbocycles. The van der Waals surface area contributed by atoms with Gasteiger partial charge in [-0.25, -0.2) is 9.37 Å². The van der Waals surface area contributed by atoms with E-state index in [0.717, 1.165) is 25.3 Å². The third kappa shape index (κ3) is 2.96. The van der Waals surface area contributed by atoms with E-state index in [1.54, 1.807) is 0 Å². The standard InChI is InChI=1S/C12H16N4O/c13-12(17)15-7-6-11-14-8-9-16(11)10-4-2-1-3-5-10/h1-5H,6-9H2,(H3,13,15,17)/p+1. The van der Waals surface area contributed by atoms with Crippen molar-refractivity contribution < 1.29 is 9.37 Å². The first-order valence-corrected chi connectivity index (χ1v) is 5.73. The third-order valence-corrected chi connectivity index (χ3v) is 2.72. The fourth-order valence-electron chi connectivity index (χ4n) is 1.96. The molecular weight excluding hydrogens is 216 g/mol. The number of para-hydroxylation sites is 1. The molecule has 0 saturated heterocycles. The van der Waals surface area contributed by atoms with Crippen LogP contribution >= 0.6 is 0 Å². The van der Waals surface area contributed by atoms with Crippen molar-refractivity contribution in [2.45, 2.75) is 6.42 Å². The third-order valence-electron chi connectivity index (χ3n) is 2.72. The summed E-state index contributed by atoms with van der Waals surface area (Å²) in [5, 5.41) is 5.93. The van der Waals surface area contributed by atoms with Gasteiger partial charge in [-0.3, -0.25) is 5.32 Å². The van der Waals surface area contributed by atoms with Gasteiger partial charge < -0.3 is 11.1 Å². The summed E-state index contributed by atoms with van der Waals surface area (Å²) in [5.74, 6) is 1.13. The minimum absolute atomic E-state index is 0.477. The SMILES string of the molecule is NC(=O)NCCC1=[N+](c2ccccc2)CCN1. The topological polar surface area (TPSA) is 70.2 Å². The molecule has 0 fully saturated rings. The van der Waals surface area contributed by atoms with Crippen LogP contribution in [0.4, 0.5) is 10.5 Å². The van der Waals surface area contributed by atoms with Gasteiger partial charge in [-0.1, -0.05) is 18.2 Å². The first-order chi connectivity index (χ1) is 8.27. The molecule has 0 bridgehead atoms. The van der Waals surface area contributed by atoms with Crippen LogP contribution in [-0.2, 0) is 0 Å². The van der Waals surface area contributed by atoms with Gasteiger partial charge in [0.05, 0.1) is 6.42 Å². The Balaban J connectivity index is 2.05. The Morgan fingerprint density at radius 3 is 2.88 bits per heavy atom. The number of hydrogen-bond donors (Lipinski definition) is 3. The summed E-state index contributed by atoms with van der Waals surface area (Å²) in [6.45, 7) is 2.44. The second-order valence-corrected chi connectivity index (χ2v) is 3.90. The molecule has 0 radical (unpaired) electrons. The van der Waals surface area contributed by atoms with Gasteiger partial charge in [0.25, 0.3) is 5.84 Å². The molecule has 5 nitrogen and oxygen atoms in total. The van der Waals surface area contributed by atoms with Crippen LogP contribution in [0.5, 0.6) is 0 Å². The quantitative estimate of drug-likeness (QED) is 0.658. The number of nitrogens with two attached hydrogens (primary N) is 1.